The standard InChI is InChI=1S/C5H7NO3/c1-5(2,8-3-6)9-4-7/h4H,1-2H3. The Bertz CT molecular complexity index is 136. The number of carbonyl (C=O) groups is 1. The molecule has 0 aromatic heterocycles. The lowest BCUT2D eigenvalue weighted by molar-refractivity contribution is -0.179. The molecule has 0 aliphatic heterocycles. The summed E-state index contributed by atoms with van der Waals surface area (Å²) in [7, 11) is 0. The minimum atomic E-state index is -1.13. The maximum absolute atomic E-state index is 9.68. The summed E-state index contributed by atoms with van der Waals surface area (Å²) in [5.41, 5.74) is 0. The maximum atomic E-state index is 9.68. The summed E-state index contributed by atoms with van der Waals surface area (Å²) in [5.74, 6) is -1.13. The fourth-order valence-electron chi connectivity index (χ4n) is 0.250. The van der Waals surface area contributed by atoms with Gasteiger partial charge in [0.05, 0.1) is 0 Å². The average molecular weight is 129 g/mol. The third-order valence-electron chi connectivity index (χ3n) is 0.623. The molecule has 0 aromatic rings. The topological polar surface area (TPSA) is 59.3 Å². The van der Waals surface area contributed by atoms with Gasteiger partial charge >= 0.3 is 0 Å². The first-order valence-corrected chi connectivity index (χ1v) is 2.31. The fourth-order valence-corrected chi connectivity index (χ4v) is 0.250. The number of carbonyl (C=O) groups excluding carboxylic acids is 1. The zero-order valence-corrected chi connectivity index (χ0v) is 5.25. The van der Waals surface area contributed by atoms with Gasteiger partial charge in [0.2, 0.25) is 0 Å². The average Bonchev–Trinajstić information content (AvgIpc) is 1.64. The Kier molecular flexibility index (Phi) is 2.52. The molecule has 0 radical (unpaired) electrons. The second-order valence-electron chi connectivity index (χ2n) is 1.81. The predicted octanol–water partition coefficient (Wildman–Crippen LogP) is 0.393. The van der Waals surface area contributed by atoms with Crippen LogP contribution in [0.25, 0.3) is 0 Å². The highest BCUT2D eigenvalue weighted by molar-refractivity contribution is 5.37. The van der Waals surface area contributed by atoms with Gasteiger partial charge in [-0.05, 0) is 0 Å². The van der Waals surface area contributed by atoms with Gasteiger partial charge in [0, 0.05) is 13.8 Å². The lowest BCUT2D eigenvalue weighted by Gasteiger charge is -2.17. The minimum Gasteiger partial charge on any atom is -0.424 e. The molecule has 0 unspecified atom stereocenters. The van der Waals surface area contributed by atoms with Crippen molar-refractivity contribution in [1.82, 2.24) is 0 Å². The van der Waals surface area contributed by atoms with E-state index in [9.17, 15) is 4.79 Å². The smallest absolute Gasteiger partial charge is 0.296 e. The fraction of sp³-hybridized carbons (Fsp3) is 0.600. The second kappa shape index (κ2) is 2.92. The lowest BCUT2D eigenvalue weighted by atomic mass is 10.4. The van der Waals surface area contributed by atoms with Crippen molar-refractivity contribution in [1.29, 1.82) is 5.26 Å². The van der Waals surface area contributed by atoms with E-state index in [0.29, 0.717) is 0 Å². The third-order valence-corrected chi connectivity index (χ3v) is 0.623. The van der Waals surface area contributed by atoms with Gasteiger partial charge in [0.25, 0.3) is 18.5 Å². The third kappa shape index (κ3) is 3.35. The van der Waals surface area contributed by atoms with E-state index in [1.165, 1.54) is 20.1 Å². The van der Waals surface area contributed by atoms with E-state index < -0.39 is 5.79 Å². The first-order chi connectivity index (χ1) is 4.12. The Morgan fingerprint density at radius 2 is 2.22 bits per heavy atom. The van der Waals surface area contributed by atoms with Gasteiger partial charge in [-0.15, -0.1) is 0 Å². The Morgan fingerprint density at radius 3 is 2.56 bits per heavy atom. The highest BCUT2D eigenvalue weighted by Gasteiger charge is 2.18. The van der Waals surface area contributed by atoms with Crippen LogP contribution in [0.2, 0.25) is 0 Å². The zero-order chi connectivity index (χ0) is 7.33. The van der Waals surface area contributed by atoms with Gasteiger partial charge in [-0.1, -0.05) is 0 Å². The van der Waals surface area contributed by atoms with Crippen LogP contribution in [-0.2, 0) is 14.3 Å². The van der Waals surface area contributed by atoms with Crippen LogP contribution in [0.5, 0.6) is 0 Å². The highest BCUT2D eigenvalue weighted by atomic mass is 16.7. The van der Waals surface area contributed by atoms with E-state index in [4.69, 9.17) is 5.26 Å². The Balaban J connectivity index is 3.73. The molecule has 4 nitrogen and oxygen atoms in total. The summed E-state index contributed by atoms with van der Waals surface area (Å²) in [6.45, 7) is 3.16. The van der Waals surface area contributed by atoms with Crippen LogP contribution in [0.1, 0.15) is 13.8 Å². The van der Waals surface area contributed by atoms with Crippen LogP contribution in [0.4, 0.5) is 0 Å². The van der Waals surface area contributed by atoms with Crippen LogP contribution in [0.3, 0.4) is 0 Å². The highest BCUT2D eigenvalue weighted by Crippen LogP contribution is 2.07. The molecule has 0 heterocycles. The number of ether oxygens (including phenoxy) is 2. The van der Waals surface area contributed by atoms with Crippen molar-refractivity contribution < 1.29 is 14.3 Å². The quantitative estimate of drug-likeness (QED) is 0.314. The van der Waals surface area contributed by atoms with Crippen molar-refractivity contribution in [2.45, 2.75) is 19.6 Å². The molecule has 0 spiro atoms. The van der Waals surface area contributed by atoms with Crippen molar-refractivity contribution in [3.63, 3.8) is 0 Å². The van der Waals surface area contributed by atoms with Crippen molar-refractivity contribution in [2.75, 3.05) is 0 Å². The molecular weight excluding hydrogens is 122 g/mol. The molecule has 0 saturated heterocycles. The molecule has 0 bridgehead atoms. The normalized spacial score (nSPS) is 9.44. The van der Waals surface area contributed by atoms with Crippen LogP contribution >= 0.6 is 0 Å². The Hall–Kier alpha value is -1.24. The first-order valence-electron chi connectivity index (χ1n) is 2.31. The largest absolute Gasteiger partial charge is 0.424 e. The van der Waals surface area contributed by atoms with E-state index >= 15 is 0 Å². The summed E-state index contributed by atoms with van der Waals surface area (Å²) in [5, 5.41) is 7.96. The van der Waals surface area contributed by atoms with Crippen LogP contribution in [0.15, 0.2) is 0 Å². The van der Waals surface area contributed by atoms with E-state index in [-0.39, 0.29) is 6.47 Å². The van der Waals surface area contributed by atoms with Crippen molar-refractivity contribution in [2.24, 2.45) is 0 Å². The SMILES string of the molecule is CC(C)(OC#N)OC=O. The summed E-state index contributed by atoms with van der Waals surface area (Å²) in [6, 6.07) is 0. The summed E-state index contributed by atoms with van der Waals surface area (Å²) < 4.78 is 8.67. The molecule has 0 rings (SSSR count). The summed E-state index contributed by atoms with van der Waals surface area (Å²) in [6.07, 6.45) is 1.41. The monoisotopic (exact) mass is 129 g/mol. The molecule has 0 fully saturated rings. The molecule has 0 aliphatic carbocycles. The van der Waals surface area contributed by atoms with Crippen molar-refractivity contribution >= 4 is 6.47 Å². The summed E-state index contributed by atoms with van der Waals surface area (Å²) in [4.78, 5) is 9.68. The molecule has 0 saturated carbocycles. The predicted molar refractivity (Wildman–Crippen MR) is 27.9 cm³/mol. The molecule has 0 amide bonds. The van der Waals surface area contributed by atoms with Gasteiger partial charge in [-0.3, -0.25) is 4.79 Å². The molecule has 0 atom stereocenters. The van der Waals surface area contributed by atoms with Gasteiger partial charge in [0.15, 0.2) is 0 Å². The van der Waals surface area contributed by atoms with E-state index in [1.807, 2.05) is 0 Å². The molecule has 50 valence electrons. The van der Waals surface area contributed by atoms with Crippen molar-refractivity contribution in [3.8, 4) is 6.26 Å². The van der Waals surface area contributed by atoms with Gasteiger partial charge < -0.3 is 9.47 Å². The molecular formula is C5H7NO3. The number of hydrogen-bond acceptors (Lipinski definition) is 4. The second-order valence-corrected chi connectivity index (χ2v) is 1.81. The number of nitriles is 1. The zero-order valence-electron chi connectivity index (χ0n) is 5.25. The molecule has 0 aromatic carbocycles. The summed E-state index contributed by atoms with van der Waals surface area (Å²) >= 11 is 0. The first kappa shape index (κ1) is 7.76. The lowest BCUT2D eigenvalue weighted by Crippen LogP contribution is -2.25. The Morgan fingerprint density at radius 1 is 1.67 bits per heavy atom. The minimum absolute atomic E-state index is 0.233. The molecule has 9 heavy (non-hydrogen) atoms. The van der Waals surface area contributed by atoms with Crippen LogP contribution in [0, 0.1) is 11.5 Å². The molecule has 0 N–H and O–H groups in total. The van der Waals surface area contributed by atoms with E-state index in [1.54, 1.807) is 0 Å². The van der Waals surface area contributed by atoms with Gasteiger partial charge in [-0.2, -0.15) is 5.26 Å². The van der Waals surface area contributed by atoms with Crippen LogP contribution in [-0.4, -0.2) is 12.3 Å². The van der Waals surface area contributed by atoms with Crippen molar-refractivity contribution in [3.05, 3.63) is 0 Å². The van der Waals surface area contributed by atoms with Gasteiger partial charge in [0.1, 0.15) is 0 Å². The van der Waals surface area contributed by atoms with Crippen LogP contribution < -0.4 is 0 Å². The van der Waals surface area contributed by atoms with E-state index in [2.05, 4.69) is 9.47 Å². The molecule has 4 heteroatoms. The Labute approximate surface area is 53.0 Å². The van der Waals surface area contributed by atoms with E-state index in [0.717, 1.165) is 0 Å². The number of nitrogens with zero attached hydrogens (tertiary/aromatic N) is 1. The number of rotatable bonds is 3. The van der Waals surface area contributed by atoms with Gasteiger partial charge in [-0.25, -0.2) is 0 Å². The number of hydrogen-bond donors (Lipinski definition) is 0. The maximum Gasteiger partial charge on any atom is 0.296 e. The molecule has 0 aliphatic rings.